The molecule has 7 rings (SSSR count). The highest BCUT2D eigenvalue weighted by molar-refractivity contribution is 7.88. The number of amides is 2. The molecular formula is C34H46N8O6S. The predicted molar refractivity (Wildman–Crippen MR) is 184 cm³/mol. The number of benzene rings is 1. The van der Waals surface area contributed by atoms with Crippen molar-refractivity contribution in [2.45, 2.75) is 69.9 Å². The van der Waals surface area contributed by atoms with Crippen molar-refractivity contribution in [3.63, 3.8) is 0 Å². The molecule has 0 radical (unpaired) electrons. The maximum Gasteiger partial charge on any atom is 0.409 e. The number of nitrogens with zero attached hydrogens (tertiary/aromatic N) is 6. The van der Waals surface area contributed by atoms with Gasteiger partial charge in [-0.05, 0) is 63.6 Å². The SMILES string of the molecule is CCOC(=O)N1CCC(NS(=O)(=O)NC(=O)c2cc(N3CCC(N4CCOCC4)CC3)c3c(C4CCC4)nn(-c4ccccc4)c3n2)CC1. The molecule has 1 aromatic carbocycles. The molecule has 3 saturated heterocycles. The van der Waals surface area contributed by atoms with Crippen LogP contribution in [0.3, 0.4) is 0 Å². The van der Waals surface area contributed by atoms with Crippen LogP contribution in [0.1, 0.15) is 74.0 Å². The third-order valence-electron chi connectivity index (χ3n) is 10.3. The lowest BCUT2D eigenvalue weighted by molar-refractivity contribution is 0.0115. The second-order valence-corrected chi connectivity index (χ2v) is 14.8. The Morgan fingerprint density at radius 1 is 0.959 bits per heavy atom. The fraction of sp³-hybridized carbons (Fsp3) is 0.588. The Balaban J connectivity index is 1.17. The Morgan fingerprint density at radius 3 is 2.33 bits per heavy atom. The van der Waals surface area contributed by atoms with Crippen LogP contribution in [0.2, 0.25) is 0 Å². The smallest absolute Gasteiger partial charge is 0.409 e. The summed E-state index contributed by atoms with van der Waals surface area (Å²) in [6, 6.07) is 11.5. The summed E-state index contributed by atoms with van der Waals surface area (Å²) in [4.78, 5) is 37.1. The number of nitrogens with one attached hydrogen (secondary N) is 2. The first-order chi connectivity index (χ1) is 23.8. The Bertz CT molecular complexity index is 1740. The summed E-state index contributed by atoms with van der Waals surface area (Å²) in [7, 11) is -4.23. The van der Waals surface area contributed by atoms with Crippen LogP contribution in [0.25, 0.3) is 16.7 Å². The number of aromatic nitrogens is 3. The van der Waals surface area contributed by atoms with Crippen LogP contribution in [0, 0.1) is 0 Å². The van der Waals surface area contributed by atoms with Gasteiger partial charge in [0, 0.05) is 57.3 Å². The van der Waals surface area contributed by atoms with Gasteiger partial charge in [0.05, 0.1) is 42.3 Å². The van der Waals surface area contributed by atoms with E-state index in [0.717, 1.165) is 94.0 Å². The topological polar surface area (TPSA) is 151 Å². The average molecular weight is 695 g/mol. The standard InChI is InChI=1S/C34H46N8O6S/c1-2-48-34(44)41-15-11-25(12-16-41)37-49(45,46)38-33(43)28-23-29(40-17-13-26(14-18-40)39-19-21-47-22-20-39)30-31(24-7-6-8-24)36-42(32(30)35-28)27-9-4-3-5-10-27/h3-5,9-10,23-26,37H,2,6-8,11-22H2,1H3,(H,38,43). The number of fused-ring (bicyclic) bond motifs is 1. The van der Waals surface area contributed by atoms with Crippen molar-refractivity contribution in [1.29, 1.82) is 0 Å². The van der Waals surface area contributed by atoms with Crippen LogP contribution in [0.15, 0.2) is 36.4 Å². The zero-order valence-corrected chi connectivity index (χ0v) is 28.9. The molecular weight excluding hydrogens is 648 g/mol. The largest absolute Gasteiger partial charge is 0.450 e. The Morgan fingerprint density at radius 2 is 1.67 bits per heavy atom. The van der Waals surface area contributed by atoms with Crippen LogP contribution in [-0.2, 0) is 19.7 Å². The first-order valence-electron chi connectivity index (χ1n) is 17.6. The van der Waals surface area contributed by atoms with Crippen LogP contribution < -0.4 is 14.3 Å². The Kier molecular flexibility index (Phi) is 10.0. The van der Waals surface area contributed by atoms with Gasteiger partial charge in [-0.1, -0.05) is 24.6 Å². The molecule has 0 spiro atoms. The van der Waals surface area contributed by atoms with E-state index >= 15 is 0 Å². The van der Waals surface area contributed by atoms with Gasteiger partial charge in [-0.2, -0.15) is 18.2 Å². The van der Waals surface area contributed by atoms with E-state index < -0.39 is 28.3 Å². The van der Waals surface area contributed by atoms with Gasteiger partial charge in [0.15, 0.2) is 5.65 Å². The van der Waals surface area contributed by atoms with Crippen molar-refractivity contribution in [2.24, 2.45) is 0 Å². The minimum absolute atomic E-state index is 0.0116. The van der Waals surface area contributed by atoms with Crippen LogP contribution >= 0.6 is 0 Å². The van der Waals surface area contributed by atoms with Crippen LogP contribution in [0.4, 0.5) is 10.5 Å². The van der Waals surface area contributed by atoms with Crippen molar-refractivity contribution < 1.29 is 27.5 Å². The molecule has 4 aliphatic rings. The molecule has 5 heterocycles. The van der Waals surface area contributed by atoms with Gasteiger partial charge in [0.1, 0.15) is 5.69 Å². The summed E-state index contributed by atoms with van der Waals surface area (Å²) in [6.45, 7) is 7.74. The molecule has 3 aromatic rings. The maximum atomic E-state index is 13.8. The van der Waals surface area contributed by atoms with E-state index in [0.29, 0.717) is 43.5 Å². The summed E-state index contributed by atoms with van der Waals surface area (Å²) < 4.78 is 43.8. The molecule has 3 aliphatic heterocycles. The number of piperidine rings is 2. The Hall–Kier alpha value is -3.79. The molecule has 1 saturated carbocycles. The zero-order chi connectivity index (χ0) is 34.0. The van der Waals surface area contributed by atoms with E-state index in [-0.39, 0.29) is 12.3 Å². The minimum Gasteiger partial charge on any atom is -0.450 e. The van der Waals surface area contributed by atoms with Gasteiger partial charge in [-0.3, -0.25) is 9.69 Å². The first kappa shape index (κ1) is 33.7. The molecule has 264 valence electrons. The molecule has 49 heavy (non-hydrogen) atoms. The molecule has 2 aromatic heterocycles. The van der Waals surface area contributed by atoms with Crippen LogP contribution in [0.5, 0.6) is 0 Å². The quantitative estimate of drug-likeness (QED) is 0.342. The predicted octanol–water partition coefficient (Wildman–Crippen LogP) is 3.17. The van der Waals surface area contributed by atoms with Gasteiger partial charge in [0.25, 0.3) is 5.91 Å². The van der Waals surface area contributed by atoms with Crippen molar-refractivity contribution in [3.8, 4) is 5.69 Å². The Labute approximate surface area is 287 Å². The number of carbonyl (C=O) groups is 2. The maximum absolute atomic E-state index is 13.8. The summed E-state index contributed by atoms with van der Waals surface area (Å²) in [6.07, 6.45) is 5.59. The molecule has 14 nitrogen and oxygen atoms in total. The molecule has 2 amide bonds. The monoisotopic (exact) mass is 694 g/mol. The van der Waals surface area contributed by atoms with Crippen LogP contribution in [-0.4, -0.2) is 116 Å². The number of anilines is 1. The highest BCUT2D eigenvalue weighted by Gasteiger charge is 2.34. The average Bonchev–Trinajstić information content (AvgIpc) is 3.47. The number of hydrogen-bond acceptors (Lipinski definition) is 10. The van der Waals surface area contributed by atoms with Gasteiger partial charge >= 0.3 is 16.3 Å². The number of morpholine rings is 1. The third-order valence-corrected chi connectivity index (χ3v) is 11.4. The van der Waals surface area contributed by atoms with Gasteiger partial charge in [-0.25, -0.2) is 19.2 Å². The van der Waals surface area contributed by atoms with E-state index in [1.54, 1.807) is 22.6 Å². The highest BCUT2D eigenvalue weighted by atomic mass is 32.2. The number of ether oxygens (including phenoxy) is 2. The number of rotatable bonds is 9. The zero-order valence-electron chi connectivity index (χ0n) is 28.1. The molecule has 15 heteroatoms. The van der Waals surface area contributed by atoms with E-state index in [1.165, 1.54) is 0 Å². The normalized spacial score (nSPS) is 20.3. The molecule has 0 unspecified atom stereocenters. The molecule has 0 atom stereocenters. The summed E-state index contributed by atoms with van der Waals surface area (Å²) in [5, 5.41) is 6.05. The van der Waals surface area contributed by atoms with E-state index in [1.807, 2.05) is 30.3 Å². The second-order valence-electron chi connectivity index (χ2n) is 13.4. The van der Waals surface area contributed by atoms with Crippen molar-refractivity contribution in [3.05, 3.63) is 47.8 Å². The number of para-hydroxylation sites is 1. The van der Waals surface area contributed by atoms with E-state index in [9.17, 15) is 18.0 Å². The minimum atomic E-state index is -4.23. The number of carbonyl (C=O) groups excluding carboxylic acids is 2. The molecule has 0 bridgehead atoms. The highest BCUT2D eigenvalue weighted by Crippen LogP contribution is 2.43. The number of likely N-dealkylation sites (tertiary alicyclic amines) is 1. The van der Waals surface area contributed by atoms with E-state index in [2.05, 4.69) is 19.2 Å². The fourth-order valence-electron chi connectivity index (χ4n) is 7.44. The lowest BCUT2D eigenvalue weighted by atomic mass is 9.82. The van der Waals surface area contributed by atoms with Crippen molar-refractivity contribution >= 4 is 38.9 Å². The fourth-order valence-corrected chi connectivity index (χ4v) is 8.52. The number of hydrogen-bond donors (Lipinski definition) is 2. The third kappa shape index (κ3) is 7.39. The lowest BCUT2D eigenvalue weighted by Gasteiger charge is -2.41. The first-order valence-corrected chi connectivity index (χ1v) is 19.1. The van der Waals surface area contributed by atoms with Crippen molar-refractivity contribution in [2.75, 3.05) is 64.0 Å². The number of pyridine rings is 1. The lowest BCUT2D eigenvalue weighted by Crippen LogP contribution is -2.50. The van der Waals surface area contributed by atoms with E-state index in [4.69, 9.17) is 19.6 Å². The van der Waals surface area contributed by atoms with Gasteiger partial charge in [0.2, 0.25) is 0 Å². The molecule has 2 N–H and O–H groups in total. The summed E-state index contributed by atoms with van der Waals surface area (Å²) >= 11 is 0. The molecule has 4 fully saturated rings. The van der Waals surface area contributed by atoms with Crippen molar-refractivity contribution in [1.82, 2.24) is 34.0 Å². The van der Waals surface area contributed by atoms with Gasteiger partial charge < -0.3 is 19.3 Å². The summed E-state index contributed by atoms with van der Waals surface area (Å²) in [5.74, 6) is -0.507. The second kappa shape index (κ2) is 14.6. The summed E-state index contributed by atoms with van der Waals surface area (Å²) in [5.41, 5.74) is 3.23. The van der Waals surface area contributed by atoms with Gasteiger partial charge in [-0.15, -0.1) is 0 Å². The molecule has 1 aliphatic carbocycles.